The fourth-order valence-electron chi connectivity index (χ4n) is 0.731. The molecule has 0 aliphatic heterocycles. The molecule has 0 saturated heterocycles. The van der Waals surface area contributed by atoms with Gasteiger partial charge in [-0.25, -0.2) is 4.98 Å². The Hall–Kier alpha value is -0.870. The lowest BCUT2D eigenvalue weighted by atomic mass is 10.3. The molecule has 0 aliphatic carbocycles. The van der Waals surface area contributed by atoms with Gasteiger partial charge < -0.3 is 10.7 Å². The standard InChI is InChI=1S/C6H8ClN3O/c7-5-4(1-2-8)9-3-10-6(5)11/h3H,1-2,8H2,(H,9,10,11). The van der Waals surface area contributed by atoms with Crippen LogP contribution in [0, 0.1) is 0 Å². The molecule has 0 aromatic carbocycles. The van der Waals surface area contributed by atoms with Crippen LogP contribution in [0.4, 0.5) is 0 Å². The van der Waals surface area contributed by atoms with Crippen molar-refractivity contribution in [2.24, 2.45) is 5.73 Å². The van der Waals surface area contributed by atoms with E-state index < -0.39 is 0 Å². The molecule has 4 nitrogen and oxygen atoms in total. The van der Waals surface area contributed by atoms with Crippen LogP contribution in [0.25, 0.3) is 0 Å². The Morgan fingerprint density at radius 3 is 3.09 bits per heavy atom. The molecule has 60 valence electrons. The van der Waals surface area contributed by atoms with E-state index in [1.165, 1.54) is 6.33 Å². The predicted molar refractivity (Wildman–Crippen MR) is 42.6 cm³/mol. The van der Waals surface area contributed by atoms with Crippen molar-refractivity contribution in [1.82, 2.24) is 9.97 Å². The van der Waals surface area contributed by atoms with Crippen LogP contribution >= 0.6 is 11.6 Å². The summed E-state index contributed by atoms with van der Waals surface area (Å²) in [5.74, 6) is 0. The number of rotatable bonds is 2. The van der Waals surface area contributed by atoms with Gasteiger partial charge >= 0.3 is 0 Å². The minimum absolute atomic E-state index is 0.137. The Morgan fingerprint density at radius 2 is 2.45 bits per heavy atom. The largest absolute Gasteiger partial charge is 0.330 e. The second-order valence-electron chi connectivity index (χ2n) is 2.03. The van der Waals surface area contributed by atoms with Crippen molar-refractivity contribution < 1.29 is 0 Å². The van der Waals surface area contributed by atoms with Gasteiger partial charge in [-0.05, 0) is 6.54 Å². The van der Waals surface area contributed by atoms with Crippen LogP contribution in [-0.4, -0.2) is 16.5 Å². The molecule has 1 rings (SSSR count). The van der Waals surface area contributed by atoms with E-state index in [2.05, 4.69) is 9.97 Å². The molecule has 0 amide bonds. The summed E-state index contributed by atoms with van der Waals surface area (Å²) in [4.78, 5) is 17.1. The molecular formula is C6H8ClN3O. The highest BCUT2D eigenvalue weighted by Gasteiger charge is 2.02. The van der Waals surface area contributed by atoms with Gasteiger partial charge in [0.25, 0.3) is 5.56 Å². The zero-order valence-electron chi connectivity index (χ0n) is 5.80. The van der Waals surface area contributed by atoms with Crippen molar-refractivity contribution in [3.8, 4) is 0 Å². The minimum atomic E-state index is -0.315. The summed E-state index contributed by atoms with van der Waals surface area (Å²) >= 11 is 5.61. The van der Waals surface area contributed by atoms with Gasteiger partial charge in [0.1, 0.15) is 5.02 Å². The van der Waals surface area contributed by atoms with Crippen LogP contribution < -0.4 is 11.3 Å². The maximum Gasteiger partial charge on any atom is 0.269 e. The summed E-state index contributed by atoms with van der Waals surface area (Å²) < 4.78 is 0. The van der Waals surface area contributed by atoms with Crippen LogP contribution in [0.15, 0.2) is 11.1 Å². The maximum atomic E-state index is 10.8. The molecule has 0 bridgehead atoms. The average Bonchev–Trinajstić information content (AvgIpc) is 1.99. The molecule has 1 aromatic heterocycles. The summed E-state index contributed by atoms with van der Waals surface area (Å²) in [5, 5.41) is 0.137. The third-order valence-corrected chi connectivity index (χ3v) is 1.64. The molecule has 0 radical (unpaired) electrons. The van der Waals surface area contributed by atoms with Gasteiger partial charge in [-0.15, -0.1) is 0 Å². The number of nitrogens with two attached hydrogens (primary N) is 1. The molecule has 1 heterocycles. The summed E-state index contributed by atoms with van der Waals surface area (Å²) in [5.41, 5.74) is 5.51. The smallest absolute Gasteiger partial charge is 0.269 e. The number of hydrogen-bond acceptors (Lipinski definition) is 3. The van der Waals surface area contributed by atoms with Gasteiger partial charge in [0.05, 0.1) is 12.0 Å². The van der Waals surface area contributed by atoms with E-state index in [1.807, 2.05) is 0 Å². The molecule has 0 atom stereocenters. The van der Waals surface area contributed by atoms with E-state index in [0.29, 0.717) is 18.7 Å². The van der Waals surface area contributed by atoms with Gasteiger partial charge in [-0.3, -0.25) is 4.79 Å². The monoisotopic (exact) mass is 173 g/mol. The van der Waals surface area contributed by atoms with Crippen molar-refractivity contribution in [2.45, 2.75) is 6.42 Å². The molecule has 0 saturated carbocycles. The lowest BCUT2D eigenvalue weighted by molar-refractivity contribution is 0.902. The Labute approximate surface area is 68.4 Å². The maximum absolute atomic E-state index is 10.8. The third-order valence-electron chi connectivity index (χ3n) is 1.25. The molecule has 5 heteroatoms. The Bertz CT molecular complexity index is 296. The summed E-state index contributed by atoms with van der Waals surface area (Å²) in [7, 11) is 0. The summed E-state index contributed by atoms with van der Waals surface area (Å²) in [6.45, 7) is 0.441. The predicted octanol–water partition coefficient (Wildman–Crippen LogP) is -0.0755. The molecule has 1 aromatic rings. The fourth-order valence-corrected chi connectivity index (χ4v) is 0.929. The van der Waals surface area contributed by atoms with E-state index in [-0.39, 0.29) is 10.6 Å². The second kappa shape index (κ2) is 3.50. The van der Waals surface area contributed by atoms with Crippen molar-refractivity contribution in [2.75, 3.05) is 6.54 Å². The molecule has 3 N–H and O–H groups in total. The number of aromatic nitrogens is 2. The molecule has 11 heavy (non-hydrogen) atoms. The van der Waals surface area contributed by atoms with Crippen LogP contribution in [0.3, 0.4) is 0 Å². The van der Waals surface area contributed by atoms with Crippen LogP contribution in [0.5, 0.6) is 0 Å². The summed E-state index contributed by atoms with van der Waals surface area (Å²) in [6, 6.07) is 0. The highest BCUT2D eigenvalue weighted by molar-refractivity contribution is 6.30. The molecule has 0 aliphatic rings. The molecule has 0 unspecified atom stereocenters. The van der Waals surface area contributed by atoms with E-state index in [1.54, 1.807) is 0 Å². The lowest BCUT2D eigenvalue weighted by Gasteiger charge is -1.97. The first kappa shape index (κ1) is 8.23. The van der Waals surface area contributed by atoms with Gasteiger partial charge in [-0.2, -0.15) is 0 Å². The Balaban J connectivity index is 3.06. The zero-order chi connectivity index (χ0) is 8.27. The Kier molecular flexibility index (Phi) is 2.62. The number of aromatic amines is 1. The van der Waals surface area contributed by atoms with Gasteiger partial charge in [0, 0.05) is 6.42 Å². The van der Waals surface area contributed by atoms with Gasteiger partial charge in [0.15, 0.2) is 0 Å². The summed E-state index contributed by atoms with van der Waals surface area (Å²) in [6.07, 6.45) is 1.85. The van der Waals surface area contributed by atoms with E-state index in [4.69, 9.17) is 17.3 Å². The first-order valence-corrected chi connectivity index (χ1v) is 3.55. The first-order valence-electron chi connectivity index (χ1n) is 3.18. The van der Waals surface area contributed by atoms with Crippen molar-refractivity contribution >= 4 is 11.6 Å². The van der Waals surface area contributed by atoms with E-state index in [0.717, 1.165) is 0 Å². The zero-order valence-corrected chi connectivity index (χ0v) is 6.56. The molecule has 0 fully saturated rings. The van der Waals surface area contributed by atoms with Gasteiger partial charge in [0.2, 0.25) is 0 Å². The first-order chi connectivity index (χ1) is 5.25. The van der Waals surface area contributed by atoms with E-state index >= 15 is 0 Å². The van der Waals surface area contributed by atoms with Crippen LogP contribution in [0.2, 0.25) is 5.02 Å². The normalized spacial score (nSPS) is 10.0. The molecule has 0 spiro atoms. The fraction of sp³-hybridized carbons (Fsp3) is 0.333. The lowest BCUT2D eigenvalue weighted by Crippen LogP contribution is -2.13. The number of halogens is 1. The average molecular weight is 174 g/mol. The number of nitrogens with one attached hydrogen (secondary N) is 1. The van der Waals surface area contributed by atoms with Crippen LogP contribution in [0.1, 0.15) is 5.69 Å². The SMILES string of the molecule is NCCc1nc[nH]c(=O)c1Cl. The van der Waals surface area contributed by atoms with Crippen molar-refractivity contribution in [3.05, 3.63) is 27.4 Å². The van der Waals surface area contributed by atoms with E-state index in [9.17, 15) is 4.79 Å². The Morgan fingerprint density at radius 1 is 1.73 bits per heavy atom. The topological polar surface area (TPSA) is 71.8 Å². The number of nitrogens with zero attached hydrogens (tertiary/aromatic N) is 1. The van der Waals surface area contributed by atoms with Crippen molar-refractivity contribution in [1.29, 1.82) is 0 Å². The van der Waals surface area contributed by atoms with Crippen molar-refractivity contribution in [3.63, 3.8) is 0 Å². The van der Waals surface area contributed by atoms with Crippen LogP contribution in [-0.2, 0) is 6.42 Å². The minimum Gasteiger partial charge on any atom is -0.330 e. The second-order valence-corrected chi connectivity index (χ2v) is 2.41. The molecular weight excluding hydrogens is 166 g/mol. The third kappa shape index (κ3) is 1.78. The quantitative estimate of drug-likeness (QED) is 0.658. The number of hydrogen-bond donors (Lipinski definition) is 2. The van der Waals surface area contributed by atoms with Gasteiger partial charge in [-0.1, -0.05) is 11.6 Å². The highest BCUT2D eigenvalue weighted by atomic mass is 35.5. The highest BCUT2D eigenvalue weighted by Crippen LogP contribution is 2.05. The number of H-pyrrole nitrogens is 1.